The molecule has 0 unspecified atom stereocenters. The van der Waals surface area contributed by atoms with Gasteiger partial charge in [0, 0.05) is 12.6 Å². The number of benzene rings is 1. The van der Waals surface area contributed by atoms with Crippen LogP contribution in [0.3, 0.4) is 0 Å². The van der Waals surface area contributed by atoms with Crippen molar-refractivity contribution in [3.63, 3.8) is 0 Å². The van der Waals surface area contributed by atoms with Crippen LogP contribution in [0, 0.1) is 0 Å². The lowest BCUT2D eigenvalue weighted by Gasteiger charge is -1.98. The highest BCUT2D eigenvalue weighted by atomic mass is 32.2. The van der Waals surface area contributed by atoms with Crippen LogP contribution in [0.2, 0.25) is 0 Å². The van der Waals surface area contributed by atoms with Crippen molar-refractivity contribution in [2.75, 3.05) is 0 Å². The molecule has 0 atom stereocenters. The maximum Gasteiger partial charge on any atom is 0.194 e. The number of ketones is 1. The molecular formula is C14H15N3OS. The van der Waals surface area contributed by atoms with Crippen molar-refractivity contribution in [3.05, 3.63) is 53.2 Å². The Labute approximate surface area is 116 Å². The lowest BCUT2D eigenvalue weighted by atomic mass is 10.1. The molecule has 19 heavy (non-hydrogen) atoms. The van der Waals surface area contributed by atoms with Crippen LogP contribution in [-0.2, 0) is 13.5 Å². The van der Waals surface area contributed by atoms with E-state index in [2.05, 4.69) is 17.1 Å². The standard InChI is InChI=1S/C14H15N3OS/c1-3-11-4-6-12(7-5-11)13(18)8-9-19-14-16-15-10-17(14)2/h4-10H,3H2,1-2H3. The maximum absolute atomic E-state index is 11.9. The topological polar surface area (TPSA) is 47.8 Å². The minimum absolute atomic E-state index is 0.00248. The normalized spacial score (nSPS) is 11.1. The summed E-state index contributed by atoms with van der Waals surface area (Å²) in [4.78, 5) is 11.9. The SMILES string of the molecule is CCc1ccc(C(=O)C=CSc2nncn2C)cc1. The highest BCUT2D eigenvalue weighted by Gasteiger charge is 2.02. The smallest absolute Gasteiger partial charge is 0.194 e. The molecule has 0 bridgehead atoms. The fraction of sp³-hybridized carbons (Fsp3) is 0.214. The van der Waals surface area contributed by atoms with Gasteiger partial charge in [-0.3, -0.25) is 4.79 Å². The van der Waals surface area contributed by atoms with Crippen molar-refractivity contribution in [2.45, 2.75) is 18.5 Å². The van der Waals surface area contributed by atoms with Crippen LogP contribution in [0.15, 0.2) is 47.2 Å². The molecule has 0 spiro atoms. The van der Waals surface area contributed by atoms with Crippen molar-refractivity contribution >= 4 is 17.5 Å². The van der Waals surface area contributed by atoms with Gasteiger partial charge in [0.2, 0.25) is 0 Å². The number of carbonyl (C=O) groups is 1. The molecule has 98 valence electrons. The van der Waals surface area contributed by atoms with Gasteiger partial charge in [0.15, 0.2) is 10.9 Å². The Morgan fingerprint density at radius 1 is 1.37 bits per heavy atom. The second kappa shape index (κ2) is 6.33. The molecule has 5 heteroatoms. The van der Waals surface area contributed by atoms with E-state index in [4.69, 9.17) is 0 Å². The van der Waals surface area contributed by atoms with Crippen LogP contribution in [0.4, 0.5) is 0 Å². The van der Waals surface area contributed by atoms with Crippen LogP contribution < -0.4 is 0 Å². The third-order valence-electron chi connectivity index (χ3n) is 2.71. The molecule has 1 heterocycles. The summed E-state index contributed by atoms with van der Waals surface area (Å²) in [5, 5.41) is 10.2. The summed E-state index contributed by atoms with van der Waals surface area (Å²) in [7, 11) is 1.86. The number of allylic oxidation sites excluding steroid dienone is 1. The molecule has 0 aliphatic rings. The second-order valence-electron chi connectivity index (χ2n) is 4.06. The molecule has 2 rings (SSSR count). The van der Waals surface area contributed by atoms with E-state index in [1.54, 1.807) is 22.4 Å². The Hall–Kier alpha value is -1.88. The van der Waals surface area contributed by atoms with E-state index < -0.39 is 0 Å². The van der Waals surface area contributed by atoms with Gasteiger partial charge in [0.05, 0.1) is 0 Å². The molecule has 0 fully saturated rings. The van der Waals surface area contributed by atoms with Gasteiger partial charge in [0.1, 0.15) is 6.33 Å². The Kier molecular flexibility index (Phi) is 4.52. The number of nitrogens with zero attached hydrogens (tertiary/aromatic N) is 3. The van der Waals surface area contributed by atoms with Crippen LogP contribution in [-0.4, -0.2) is 20.5 Å². The molecule has 1 aromatic carbocycles. The average molecular weight is 273 g/mol. The van der Waals surface area contributed by atoms with Crippen LogP contribution in [0.1, 0.15) is 22.8 Å². The molecule has 2 aromatic rings. The predicted molar refractivity (Wildman–Crippen MR) is 76.2 cm³/mol. The lowest BCUT2D eigenvalue weighted by molar-refractivity contribution is 0.104. The van der Waals surface area contributed by atoms with Gasteiger partial charge in [-0.05, 0) is 23.5 Å². The molecule has 0 N–H and O–H groups in total. The van der Waals surface area contributed by atoms with Crippen molar-refractivity contribution in [3.8, 4) is 0 Å². The number of hydrogen-bond donors (Lipinski definition) is 0. The summed E-state index contributed by atoms with van der Waals surface area (Å²) < 4.78 is 1.80. The summed E-state index contributed by atoms with van der Waals surface area (Å²) in [6, 6.07) is 7.69. The quantitative estimate of drug-likeness (QED) is 0.477. The Morgan fingerprint density at radius 2 is 2.11 bits per heavy atom. The third kappa shape index (κ3) is 3.54. The summed E-state index contributed by atoms with van der Waals surface area (Å²) in [5.74, 6) is -0.00248. The van der Waals surface area contributed by atoms with Crippen molar-refractivity contribution < 1.29 is 4.79 Å². The van der Waals surface area contributed by atoms with Gasteiger partial charge in [-0.1, -0.05) is 43.0 Å². The molecule has 0 aliphatic carbocycles. The number of aryl methyl sites for hydroxylation is 2. The minimum atomic E-state index is -0.00248. The van der Waals surface area contributed by atoms with Crippen molar-refractivity contribution in [2.24, 2.45) is 7.05 Å². The number of thioether (sulfide) groups is 1. The largest absolute Gasteiger partial charge is 0.312 e. The third-order valence-corrected chi connectivity index (χ3v) is 3.56. The predicted octanol–water partition coefficient (Wildman–Crippen LogP) is 2.87. The van der Waals surface area contributed by atoms with Gasteiger partial charge in [0.25, 0.3) is 0 Å². The van der Waals surface area contributed by atoms with E-state index in [9.17, 15) is 4.79 Å². The summed E-state index contributed by atoms with van der Waals surface area (Å²) >= 11 is 1.37. The fourth-order valence-electron chi connectivity index (χ4n) is 1.54. The minimum Gasteiger partial charge on any atom is -0.312 e. The van der Waals surface area contributed by atoms with Crippen LogP contribution in [0.25, 0.3) is 0 Å². The molecule has 1 aromatic heterocycles. The van der Waals surface area contributed by atoms with Gasteiger partial charge < -0.3 is 4.57 Å². The zero-order chi connectivity index (χ0) is 13.7. The molecule has 0 aliphatic heterocycles. The first-order valence-corrected chi connectivity index (χ1v) is 6.89. The first-order chi connectivity index (χ1) is 9.20. The molecule has 0 radical (unpaired) electrons. The number of aromatic nitrogens is 3. The molecule has 0 amide bonds. The summed E-state index contributed by atoms with van der Waals surface area (Å²) in [5.41, 5.74) is 1.93. The molecule has 0 saturated heterocycles. The van der Waals surface area contributed by atoms with E-state index in [0.29, 0.717) is 5.56 Å². The zero-order valence-corrected chi connectivity index (χ0v) is 11.7. The van der Waals surface area contributed by atoms with E-state index in [1.807, 2.05) is 31.3 Å². The number of rotatable bonds is 5. The van der Waals surface area contributed by atoms with E-state index in [1.165, 1.54) is 17.3 Å². The molecule has 4 nitrogen and oxygen atoms in total. The first kappa shape index (κ1) is 13.5. The van der Waals surface area contributed by atoms with E-state index >= 15 is 0 Å². The zero-order valence-electron chi connectivity index (χ0n) is 10.9. The first-order valence-electron chi connectivity index (χ1n) is 6.01. The lowest BCUT2D eigenvalue weighted by Crippen LogP contribution is -1.94. The van der Waals surface area contributed by atoms with Crippen molar-refractivity contribution in [1.29, 1.82) is 0 Å². The Morgan fingerprint density at radius 3 is 2.68 bits per heavy atom. The average Bonchev–Trinajstić information content (AvgIpc) is 2.84. The van der Waals surface area contributed by atoms with E-state index in [0.717, 1.165) is 11.6 Å². The van der Waals surface area contributed by atoms with Gasteiger partial charge in [-0.2, -0.15) is 0 Å². The number of hydrogen-bond acceptors (Lipinski definition) is 4. The summed E-state index contributed by atoms with van der Waals surface area (Å²) in [6.07, 6.45) is 4.16. The monoisotopic (exact) mass is 273 g/mol. The highest BCUT2D eigenvalue weighted by Crippen LogP contribution is 2.15. The number of carbonyl (C=O) groups excluding carboxylic acids is 1. The van der Waals surface area contributed by atoms with Crippen LogP contribution >= 0.6 is 11.8 Å². The fourth-order valence-corrected chi connectivity index (χ4v) is 2.16. The highest BCUT2D eigenvalue weighted by molar-refractivity contribution is 8.02. The maximum atomic E-state index is 11.9. The summed E-state index contributed by atoms with van der Waals surface area (Å²) in [6.45, 7) is 2.09. The Balaban J connectivity index is 1.98. The van der Waals surface area contributed by atoms with Gasteiger partial charge in [-0.15, -0.1) is 10.2 Å². The van der Waals surface area contributed by atoms with Gasteiger partial charge in [-0.25, -0.2) is 0 Å². The van der Waals surface area contributed by atoms with E-state index in [-0.39, 0.29) is 5.78 Å². The molecule has 0 saturated carbocycles. The second-order valence-corrected chi connectivity index (χ2v) is 4.93. The van der Waals surface area contributed by atoms with Crippen LogP contribution in [0.5, 0.6) is 0 Å². The van der Waals surface area contributed by atoms with Gasteiger partial charge >= 0.3 is 0 Å². The molecular weight excluding hydrogens is 258 g/mol. The van der Waals surface area contributed by atoms with Crippen molar-refractivity contribution in [1.82, 2.24) is 14.8 Å². The Bertz CT molecular complexity index is 587.